The summed E-state index contributed by atoms with van der Waals surface area (Å²) >= 11 is 3.76. The standard InChI is InChI=1S/C13H25BrO3/c1-4-13(5-2)11(14)10-12(13)17-9-8-16-7-6-15-3/h11-12H,4-10H2,1-3H3. The molecule has 102 valence electrons. The van der Waals surface area contributed by atoms with Crippen molar-refractivity contribution >= 4 is 15.9 Å². The number of halogens is 1. The van der Waals surface area contributed by atoms with Crippen LogP contribution >= 0.6 is 15.9 Å². The number of ether oxygens (including phenoxy) is 3. The van der Waals surface area contributed by atoms with E-state index in [1.165, 1.54) is 12.8 Å². The number of alkyl halides is 1. The Hall–Kier alpha value is 0.360. The van der Waals surface area contributed by atoms with Crippen LogP contribution in [0.5, 0.6) is 0 Å². The normalized spacial score (nSPS) is 26.8. The molecule has 0 N–H and O–H groups in total. The Bertz CT molecular complexity index is 207. The van der Waals surface area contributed by atoms with E-state index >= 15 is 0 Å². The Labute approximate surface area is 113 Å². The zero-order valence-electron chi connectivity index (χ0n) is 11.2. The number of rotatable bonds is 9. The maximum atomic E-state index is 5.93. The van der Waals surface area contributed by atoms with Gasteiger partial charge in [0, 0.05) is 17.4 Å². The van der Waals surface area contributed by atoms with Crippen molar-refractivity contribution in [1.29, 1.82) is 0 Å². The largest absolute Gasteiger partial charge is 0.382 e. The van der Waals surface area contributed by atoms with Gasteiger partial charge in [-0.05, 0) is 19.3 Å². The van der Waals surface area contributed by atoms with E-state index in [2.05, 4.69) is 29.8 Å². The molecule has 0 heterocycles. The van der Waals surface area contributed by atoms with Crippen molar-refractivity contribution < 1.29 is 14.2 Å². The molecular formula is C13H25BrO3. The third-order valence-corrected chi connectivity index (χ3v) is 5.27. The van der Waals surface area contributed by atoms with Crippen molar-refractivity contribution in [3.8, 4) is 0 Å². The number of methoxy groups -OCH3 is 1. The first-order valence-corrected chi connectivity index (χ1v) is 7.45. The van der Waals surface area contributed by atoms with Crippen LogP contribution < -0.4 is 0 Å². The molecule has 1 aliphatic carbocycles. The molecule has 2 unspecified atom stereocenters. The molecule has 0 aromatic carbocycles. The molecule has 1 saturated carbocycles. The molecule has 4 heteroatoms. The monoisotopic (exact) mass is 308 g/mol. The molecular weight excluding hydrogens is 284 g/mol. The van der Waals surface area contributed by atoms with Gasteiger partial charge in [-0.2, -0.15) is 0 Å². The maximum absolute atomic E-state index is 5.93. The second kappa shape index (κ2) is 7.72. The summed E-state index contributed by atoms with van der Waals surface area (Å²) in [6, 6.07) is 0. The first-order valence-electron chi connectivity index (χ1n) is 6.53. The summed E-state index contributed by atoms with van der Waals surface area (Å²) in [6.07, 6.45) is 3.87. The van der Waals surface area contributed by atoms with Crippen molar-refractivity contribution in [2.45, 2.75) is 44.0 Å². The van der Waals surface area contributed by atoms with E-state index in [0.29, 0.717) is 42.8 Å². The molecule has 1 fully saturated rings. The third-order valence-electron chi connectivity index (χ3n) is 3.98. The first kappa shape index (κ1) is 15.4. The van der Waals surface area contributed by atoms with Gasteiger partial charge in [-0.25, -0.2) is 0 Å². The predicted molar refractivity (Wildman–Crippen MR) is 72.8 cm³/mol. The molecule has 3 nitrogen and oxygen atoms in total. The van der Waals surface area contributed by atoms with Crippen LogP contribution in [0.2, 0.25) is 0 Å². The van der Waals surface area contributed by atoms with Gasteiger partial charge in [0.05, 0.1) is 32.5 Å². The molecule has 0 amide bonds. The van der Waals surface area contributed by atoms with Crippen molar-refractivity contribution in [3.63, 3.8) is 0 Å². The van der Waals surface area contributed by atoms with Crippen molar-refractivity contribution in [3.05, 3.63) is 0 Å². The van der Waals surface area contributed by atoms with Crippen molar-refractivity contribution in [1.82, 2.24) is 0 Å². The highest BCUT2D eigenvalue weighted by Gasteiger charge is 2.51. The Morgan fingerprint density at radius 1 is 1.12 bits per heavy atom. The summed E-state index contributed by atoms with van der Waals surface area (Å²) in [5.74, 6) is 0. The summed E-state index contributed by atoms with van der Waals surface area (Å²) in [5, 5.41) is 0. The molecule has 2 atom stereocenters. The lowest BCUT2D eigenvalue weighted by Gasteiger charge is -2.53. The SMILES string of the molecule is CCC1(CC)C(Br)CC1OCCOCCOC. The van der Waals surface area contributed by atoms with Crippen LogP contribution in [-0.4, -0.2) is 44.5 Å². The highest BCUT2D eigenvalue weighted by molar-refractivity contribution is 9.09. The second-order valence-corrected chi connectivity index (χ2v) is 5.71. The van der Waals surface area contributed by atoms with Gasteiger partial charge in [-0.15, -0.1) is 0 Å². The topological polar surface area (TPSA) is 27.7 Å². The zero-order chi connectivity index (χ0) is 12.7. The van der Waals surface area contributed by atoms with Crippen LogP contribution in [0.4, 0.5) is 0 Å². The molecule has 0 aromatic heterocycles. The van der Waals surface area contributed by atoms with Crippen LogP contribution in [0.25, 0.3) is 0 Å². The minimum absolute atomic E-state index is 0.340. The van der Waals surface area contributed by atoms with E-state index < -0.39 is 0 Å². The Morgan fingerprint density at radius 3 is 2.29 bits per heavy atom. The maximum Gasteiger partial charge on any atom is 0.0704 e. The van der Waals surface area contributed by atoms with Crippen LogP contribution in [0.3, 0.4) is 0 Å². The minimum Gasteiger partial charge on any atom is -0.382 e. The molecule has 1 rings (SSSR count). The lowest BCUT2D eigenvalue weighted by molar-refractivity contribution is -0.119. The van der Waals surface area contributed by atoms with Crippen molar-refractivity contribution in [2.75, 3.05) is 33.5 Å². The summed E-state index contributed by atoms with van der Waals surface area (Å²) in [6.45, 7) is 7.16. The van der Waals surface area contributed by atoms with Crippen molar-refractivity contribution in [2.24, 2.45) is 5.41 Å². The third kappa shape index (κ3) is 3.66. The average molecular weight is 309 g/mol. The predicted octanol–water partition coefficient (Wildman–Crippen LogP) is 3.01. The van der Waals surface area contributed by atoms with Crippen LogP contribution in [0, 0.1) is 5.41 Å². The highest BCUT2D eigenvalue weighted by atomic mass is 79.9. The minimum atomic E-state index is 0.340. The van der Waals surface area contributed by atoms with Crippen LogP contribution in [0.15, 0.2) is 0 Å². The fraction of sp³-hybridized carbons (Fsp3) is 1.00. The van der Waals surface area contributed by atoms with Gasteiger partial charge in [-0.1, -0.05) is 29.8 Å². The first-order chi connectivity index (χ1) is 8.21. The fourth-order valence-corrected chi connectivity index (χ4v) is 3.86. The molecule has 1 aliphatic rings. The Balaban J connectivity index is 2.15. The lowest BCUT2D eigenvalue weighted by atomic mass is 9.62. The molecule has 0 aliphatic heterocycles. The second-order valence-electron chi connectivity index (χ2n) is 4.61. The number of hydrogen-bond donors (Lipinski definition) is 0. The van der Waals surface area contributed by atoms with Gasteiger partial charge in [0.25, 0.3) is 0 Å². The molecule has 17 heavy (non-hydrogen) atoms. The van der Waals surface area contributed by atoms with Gasteiger partial charge >= 0.3 is 0 Å². The number of hydrogen-bond acceptors (Lipinski definition) is 3. The summed E-state index contributed by atoms with van der Waals surface area (Å²) in [5.41, 5.74) is 0.340. The lowest BCUT2D eigenvalue weighted by Crippen LogP contribution is -2.55. The van der Waals surface area contributed by atoms with E-state index in [1.807, 2.05) is 0 Å². The van der Waals surface area contributed by atoms with E-state index in [-0.39, 0.29) is 0 Å². The van der Waals surface area contributed by atoms with Gasteiger partial charge in [0.1, 0.15) is 0 Å². The summed E-state index contributed by atoms with van der Waals surface area (Å²) in [7, 11) is 1.68. The Morgan fingerprint density at radius 2 is 1.76 bits per heavy atom. The van der Waals surface area contributed by atoms with Crippen LogP contribution in [-0.2, 0) is 14.2 Å². The summed E-state index contributed by atoms with van der Waals surface area (Å²) in [4.78, 5) is 0.615. The quantitative estimate of drug-likeness (QED) is 0.484. The van der Waals surface area contributed by atoms with E-state index in [4.69, 9.17) is 14.2 Å². The Kier molecular flexibility index (Phi) is 7.00. The molecule has 0 spiro atoms. The fourth-order valence-electron chi connectivity index (χ4n) is 2.57. The highest BCUT2D eigenvalue weighted by Crippen LogP contribution is 2.52. The van der Waals surface area contributed by atoms with Gasteiger partial charge in [0.2, 0.25) is 0 Å². The smallest absolute Gasteiger partial charge is 0.0704 e. The molecule has 0 radical (unpaired) electrons. The van der Waals surface area contributed by atoms with Gasteiger partial charge in [0.15, 0.2) is 0 Å². The van der Waals surface area contributed by atoms with E-state index in [0.717, 1.165) is 6.42 Å². The summed E-state index contributed by atoms with van der Waals surface area (Å²) < 4.78 is 16.2. The van der Waals surface area contributed by atoms with Gasteiger partial charge < -0.3 is 14.2 Å². The van der Waals surface area contributed by atoms with E-state index in [1.54, 1.807) is 7.11 Å². The molecule has 0 saturated heterocycles. The van der Waals surface area contributed by atoms with Gasteiger partial charge in [-0.3, -0.25) is 0 Å². The molecule has 0 bridgehead atoms. The van der Waals surface area contributed by atoms with Crippen LogP contribution in [0.1, 0.15) is 33.1 Å². The van der Waals surface area contributed by atoms with E-state index in [9.17, 15) is 0 Å². The zero-order valence-corrected chi connectivity index (χ0v) is 12.8. The molecule has 0 aromatic rings. The average Bonchev–Trinajstić information content (AvgIpc) is 2.34.